The van der Waals surface area contributed by atoms with Crippen LogP contribution in [0, 0.1) is 0 Å². The number of alkyl halides is 3. The van der Waals surface area contributed by atoms with Crippen LogP contribution in [0.4, 0.5) is 18.0 Å². The number of aliphatic carboxylic acids is 1. The number of carboxylic acid groups (broad SMARTS) is 1. The van der Waals surface area contributed by atoms with Crippen LogP contribution < -0.4 is 15.4 Å². The summed E-state index contributed by atoms with van der Waals surface area (Å²) in [5, 5.41) is 13.1. The molecule has 0 radical (unpaired) electrons. The summed E-state index contributed by atoms with van der Waals surface area (Å²) < 4.78 is 42.5. The Balaban J connectivity index is 0.000000383. The van der Waals surface area contributed by atoms with Gasteiger partial charge in [0.1, 0.15) is 17.6 Å². The van der Waals surface area contributed by atoms with Gasteiger partial charge in [0.15, 0.2) is 0 Å². The van der Waals surface area contributed by atoms with Crippen LogP contribution in [0.1, 0.15) is 18.5 Å². The molecule has 3 N–H and O–H groups in total. The van der Waals surface area contributed by atoms with E-state index >= 15 is 0 Å². The van der Waals surface area contributed by atoms with E-state index in [1.807, 2.05) is 24.3 Å². The summed E-state index contributed by atoms with van der Waals surface area (Å²) in [7, 11) is 1.59. The van der Waals surface area contributed by atoms with Gasteiger partial charge in [-0.3, -0.25) is 9.69 Å². The minimum atomic E-state index is -5.08. The lowest BCUT2D eigenvalue weighted by molar-refractivity contribution is -0.192. The number of piperidine rings is 1. The number of imide groups is 1. The van der Waals surface area contributed by atoms with E-state index in [4.69, 9.17) is 19.1 Å². The molecule has 2 aromatic rings. The minimum absolute atomic E-state index is 0.0832. The van der Waals surface area contributed by atoms with Crippen molar-refractivity contribution in [1.82, 2.24) is 20.5 Å². The first-order chi connectivity index (χ1) is 15.6. The molecule has 4 rings (SSSR count). The van der Waals surface area contributed by atoms with Crippen molar-refractivity contribution in [3.8, 4) is 17.2 Å². The molecule has 3 amide bonds. The van der Waals surface area contributed by atoms with Crippen LogP contribution >= 0.6 is 0 Å². The maximum atomic E-state index is 12.8. The van der Waals surface area contributed by atoms with Crippen molar-refractivity contribution in [2.24, 2.45) is 0 Å². The molecule has 1 spiro atoms. The molecule has 2 aliphatic rings. The van der Waals surface area contributed by atoms with Crippen molar-refractivity contribution in [1.29, 1.82) is 0 Å². The van der Waals surface area contributed by atoms with Crippen molar-refractivity contribution in [3.05, 3.63) is 36.2 Å². The van der Waals surface area contributed by atoms with Gasteiger partial charge in [0.2, 0.25) is 5.89 Å². The highest BCUT2D eigenvalue weighted by molar-refractivity contribution is 6.07. The largest absolute Gasteiger partial charge is 0.497 e. The minimum Gasteiger partial charge on any atom is -0.497 e. The number of nitrogens with one attached hydrogen (secondary N) is 2. The molecule has 1 aromatic heterocycles. The lowest BCUT2D eigenvalue weighted by Gasteiger charge is -2.31. The SMILES string of the molecule is COc1cccc(-c2nc(CN3C(=O)NC4(CCCNC4)C3=O)co2)c1.O=C(O)C(F)(F)F. The molecule has 0 saturated carbocycles. The molecule has 2 fully saturated rings. The fourth-order valence-electron chi connectivity index (χ4n) is 3.44. The summed E-state index contributed by atoms with van der Waals surface area (Å²) in [6, 6.07) is 6.96. The van der Waals surface area contributed by atoms with E-state index in [1.165, 1.54) is 11.2 Å². The summed E-state index contributed by atoms with van der Waals surface area (Å²) in [5.41, 5.74) is 0.460. The highest BCUT2D eigenvalue weighted by atomic mass is 19.4. The molecule has 2 aliphatic heterocycles. The third-order valence-electron chi connectivity index (χ3n) is 5.06. The summed E-state index contributed by atoms with van der Waals surface area (Å²) in [4.78, 5) is 39.6. The first kappa shape index (κ1) is 24.0. The van der Waals surface area contributed by atoms with E-state index in [1.54, 1.807) is 7.11 Å². The molecule has 2 saturated heterocycles. The third kappa shape index (κ3) is 5.42. The number of oxazole rings is 1. The predicted molar refractivity (Wildman–Crippen MR) is 106 cm³/mol. The fourth-order valence-corrected chi connectivity index (χ4v) is 3.44. The van der Waals surface area contributed by atoms with Crippen molar-refractivity contribution in [3.63, 3.8) is 0 Å². The molecule has 178 valence electrons. The Kier molecular flexibility index (Phi) is 6.91. The number of carbonyl (C=O) groups is 3. The second kappa shape index (κ2) is 9.48. The van der Waals surface area contributed by atoms with Gasteiger partial charge in [-0.25, -0.2) is 14.6 Å². The van der Waals surface area contributed by atoms with E-state index in [0.717, 1.165) is 18.5 Å². The number of ether oxygens (including phenoxy) is 1. The molecule has 10 nitrogen and oxygen atoms in total. The average Bonchev–Trinajstić information content (AvgIpc) is 3.33. The van der Waals surface area contributed by atoms with Gasteiger partial charge in [-0.1, -0.05) is 6.07 Å². The quantitative estimate of drug-likeness (QED) is 0.579. The standard InChI is InChI=1S/C18H20N4O4.C2HF3O2/c1-25-14-5-2-4-12(8-14)15-20-13(10-26-15)9-22-16(23)18(21-17(22)24)6-3-7-19-11-18;3-2(4,5)1(6)7/h2,4-5,8,10,19H,3,6-7,9,11H2,1H3,(H,21,24);(H,6,7). The number of nitrogens with zero attached hydrogens (tertiary/aromatic N) is 2. The van der Waals surface area contributed by atoms with Crippen molar-refractivity contribution in [2.75, 3.05) is 20.2 Å². The molecule has 13 heteroatoms. The lowest BCUT2D eigenvalue weighted by atomic mass is 9.90. The third-order valence-corrected chi connectivity index (χ3v) is 5.06. The van der Waals surface area contributed by atoms with E-state index < -0.39 is 17.7 Å². The van der Waals surface area contributed by atoms with Crippen LogP contribution in [0.3, 0.4) is 0 Å². The monoisotopic (exact) mass is 470 g/mol. The second-order valence-electron chi connectivity index (χ2n) is 7.36. The van der Waals surface area contributed by atoms with Crippen LogP contribution in [0.25, 0.3) is 11.5 Å². The normalized spacial score (nSPS) is 20.3. The number of aromatic nitrogens is 1. The van der Waals surface area contributed by atoms with Gasteiger partial charge >= 0.3 is 18.2 Å². The Labute approximate surface area is 185 Å². The zero-order valence-corrected chi connectivity index (χ0v) is 17.4. The number of carbonyl (C=O) groups excluding carboxylic acids is 2. The Bertz CT molecular complexity index is 1030. The summed E-state index contributed by atoms with van der Waals surface area (Å²) in [5.74, 6) is -1.85. The predicted octanol–water partition coefficient (Wildman–Crippen LogP) is 2.16. The van der Waals surface area contributed by atoms with Gasteiger partial charge in [-0.15, -0.1) is 0 Å². The van der Waals surface area contributed by atoms with E-state index in [2.05, 4.69) is 15.6 Å². The average molecular weight is 470 g/mol. The number of carboxylic acids is 1. The van der Waals surface area contributed by atoms with Gasteiger partial charge in [-0.2, -0.15) is 13.2 Å². The van der Waals surface area contributed by atoms with Crippen LogP contribution in [0.15, 0.2) is 34.9 Å². The highest BCUT2D eigenvalue weighted by Crippen LogP contribution is 2.27. The van der Waals surface area contributed by atoms with Gasteiger partial charge < -0.3 is 24.9 Å². The maximum absolute atomic E-state index is 12.8. The van der Waals surface area contributed by atoms with Gasteiger partial charge in [0.05, 0.1) is 19.3 Å². The topological polar surface area (TPSA) is 134 Å². The summed E-state index contributed by atoms with van der Waals surface area (Å²) >= 11 is 0. The van der Waals surface area contributed by atoms with Crippen molar-refractivity contribution < 1.29 is 41.8 Å². The fraction of sp³-hybridized carbons (Fsp3) is 0.400. The second-order valence-corrected chi connectivity index (χ2v) is 7.36. The van der Waals surface area contributed by atoms with Gasteiger partial charge in [0, 0.05) is 12.1 Å². The van der Waals surface area contributed by atoms with Crippen LogP contribution in [0.2, 0.25) is 0 Å². The van der Waals surface area contributed by atoms with Gasteiger partial charge in [-0.05, 0) is 37.6 Å². The molecule has 0 bridgehead atoms. The Morgan fingerprint density at radius 1 is 1.36 bits per heavy atom. The highest BCUT2D eigenvalue weighted by Gasteiger charge is 2.51. The van der Waals surface area contributed by atoms with Gasteiger partial charge in [0.25, 0.3) is 5.91 Å². The molecule has 33 heavy (non-hydrogen) atoms. The Hall–Kier alpha value is -3.61. The van der Waals surface area contributed by atoms with E-state index in [0.29, 0.717) is 30.3 Å². The Morgan fingerprint density at radius 2 is 2.09 bits per heavy atom. The molecule has 0 aliphatic carbocycles. The number of hydrogen-bond acceptors (Lipinski definition) is 7. The first-order valence-electron chi connectivity index (χ1n) is 9.79. The number of amides is 3. The van der Waals surface area contributed by atoms with E-state index in [9.17, 15) is 22.8 Å². The molecular formula is C20H21F3N4O6. The number of methoxy groups -OCH3 is 1. The van der Waals surface area contributed by atoms with Crippen molar-refractivity contribution >= 4 is 17.9 Å². The number of hydrogen-bond donors (Lipinski definition) is 3. The number of halogens is 3. The van der Waals surface area contributed by atoms with Crippen LogP contribution in [-0.4, -0.2) is 64.8 Å². The maximum Gasteiger partial charge on any atom is 0.490 e. The van der Waals surface area contributed by atoms with E-state index in [-0.39, 0.29) is 18.5 Å². The van der Waals surface area contributed by atoms with Crippen LogP contribution in [0.5, 0.6) is 5.75 Å². The zero-order valence-electron chi connectivity index (χ0n) is 17.4. The molecule has 3 heterocycles. The smallest absolute Gasteiger partial charge is 0.490 e. The summed E-state index contributed by atoms with van der Waals surface area (Å²) in [6.45, 7) is 1.40. The molecular weight excluding hydrogens is 449 g/mol. The van der Waals surface area contributed by atoms with Crippen LogP contribution in [-0.2, 0) is 16.1 Å². The molecule has 1 atom stereocenters. The summed E-state index contributed by atoms with van der Waals surface area (Å²) in [6.07, 6.45) is -2.11. The van der Waals surface area contributed by atoms with Crippen molar-refractivity contribution in [2.45, 2.75) is 31.1 Å². The lowest BCUT2D eigenvalue weighted by Crippen LogP contribution is -2.57. The molecule has 1 aromatic carbocycles. The number of urea groups is 1. The first-order valence-corrected chi connectivity index (χ1v) is 9.79. The number of rotatable bonds is 4. The zero-order chi connectivity index (χ0) is 24.2. The molecule has 1 unspecified atom stereocenters. The number of benzene rings is 1. The Morgan fingerprint density at radius 3 is 2.70 bits per heavy atom.